The third-order valence-corrected chi connectivity index (χ3v) is 2.13. The minimum Gasteiger partial charge on any atom is -0.346 e. The second kappa shape index (κ2) is 5.21. The third kappa shape index (κ3) is 4.11. The van der Waals surface area contributed by atoms with Crippen LogP contribution in [-0.2, 0) is 19.3 Å². The van der Waals surface area contributed by atoms with Crippen LogP contribution in [0.25, 0.3) is 0 Å². The van der Waals surface area contributed by atoms with Crippen LogP contribution in [-0.4, -0.2) is 24.0 Å². The van der Waals surface area contributed by atoms with Gasteiger partial charge in [0.25, 0.3) is 0 Å². The van der Waals surface area contributed by atoms with Gasteiger partial charge >= 0.3 is 11.9 Å². The van der Waals surface area contributed by atoms with Crippen LogP contribution >= 0.6 is 0 Å². The average molecular weight is 230 g/mol. The first-order valence-electron chi connectivity index (χ1n) is 5.19. The Hall–Kier alpha value is -1.22. The van der Waals surface area contributed by atoms with E-state index in [0.717, 1.165) is 25.7 Å². The van der Waals surface area contributed by atoms with Crippen LogP contribution in [0.5, 0.6) is 0 Å². The van der Waals surface area contributed by atoms with Gasteiger partial charge in [0.15, 0.2) is 0 Å². The molecule has 2 saturated carbocycles. The maximum absolute atomic E-state index is 11.0. The molecular formula is C8H14N4O4. The van der Waals surface area contributed by atoms with Crippen LogP contribution in [0.3, 0.4) is 0 Å². The van der Waals surface area contributed by atoms with Crippen LogP contribution in [0.1, 0.15) is 25.7 Å². The van der Waals surface area contributed by atoms with Gasteiger partial charge in [0.1, 0.15) is 0 Å². The molecule has 0 aromatic carbocycles. The van der Waals surface area contributed by atoms with Crippen molar-refractivity contribution in [1.82, 2.24) is 22.0 Å². The Labute approximate surface area is 91.9 Å². The molecule has 2 aliphatic carbocycles. The van der Waals surface area contributed by atoms with E-state index in [4.69, 9.17) is 0 Å². The van der Waals surface area contributed by atoms with Crippen molar-refractivity contribution in [2.24, 2.45) is 0 Å². The summed E-state index contributed by atoms with van der Waals surface area (Å²) in [6, 6.07) is 0.636. The Bertz CT molecular complexity index is 249. The van der Waals surface area contributed by atoms with Gasteiger partial charge in [-0.3, -0.25) is 0 Å². The van der Waals surface area contributed by atoms with Crippen molar-refractivity contribution in [3.63, 3.8) is 0 Å². The van der Waals surface area contributed by atoms with Gasteiger partial charge in [0.05, 0.1) is 0 Å². The normalized spacial score (nSPS) is 19.2. The zero-order valence-corrected chi connectivity index (χ0v) is 8.62. The van der Waals surface area contributed by atoms with Gasteiger partial charge in [0.2, 0.25) is 0 Å². The lowest BCUT2D eigenvalue weighted by Crippen LogP contribution is -2.41. The smallest absolute Gasteiger partial charge is 0.346 e. The summed E-state index contributed by atoms with van der Waals surface area (Å²) >= 11 is 0. The molecule has 0 radical (unpaired) electrons. The van der Waals surface area contributed by atoms with Crippen molar-refractivity contribution >= 4 is 11.9 Å². The number of nitrogens with one attached hydrogen (secondary N) is 4. The highest BCUT2D eigenvalue weighted by Gasteiger charge is 2.24. The average Bonchev–Trinajstić information content (AvgIpc) is 3.12. The van der Waals surface area contributed by atoms with E-state index in [0.29, 0.717) is 12.1 Å². The highest BCUT2D eigenvalue weighted by Crippen LogP contribution is 2.17. The summed E-state index contributed by atoms with van der Waals surface area (Å²) in [4.78, 5) is 30.7. The SMILES string of the molecule is O=C(ONNC1CC1)C(=O)ONNC1CC1. The van der Waals surface area contributed by atoms with Gasteiger partial charge in [-0.25, -0.2) is 20.4 Å². The molecule has 2 fully saturated rings. The predicted molar refractivity (Wildman–Crippen MR) is 50.8 cm³/mol. The molecule has 2 aliphatic rings. The summed E-state index contributed by atoms with van der Waals surface area (Å²) in [6.45, 7) is 0. The lowest BCUT2D eigenvalue weighted by Gasteiger charge is -2.06. The summed E-state index contributed by atoms with van der Waals surface area (Å²) in [7, 11) is 0. The van der Waals surface area contributed by atoms with Gasteiger partial charge in [-0.2, -0.15) is 0 Å². The molecule has 0 aromatic rings. The topological polar surface area (TPSA) is 101 Å². The predicted octanol–water partition coefficient (Wildman–Crippen LogP) is -1.58. The molecule has 4 N–H and O–H groups in total. The second-order valence-electron chi connectivity index (χ2n) is 3.82. The monoisotopic (exact) mass is 230 g/mol. The maximum Gasteiger partial charge on any atom is 0.439 e. The molecule has 90 valence electrons. The molecule has 0 bridgehead atoms. The summed E-state index contributed by atoms with van der Waals surface area (Å²) in [5.41, 5.74) is 9.76. The first-order chi connectivity index (χ1) is 7.75. The molecule has 0 aliphatic heterocycles. The molecule has 8 heteroatoms. The number of carbonyl (C=O) groups excluding carboxylic acids is 2. The van der Waals surface area contributed by atoms with E-state index in [9.17, 15) is 9.59 Å². The fraction of sp³-hybridized carbons (Fsp3) is 0.750. The molecule has 0 amide bonds. The lowest BCUT2D eigenvalue weighted by molar-refractivity contribution is -0.179. The first-order valence-corrected chi connectivity index (χ1v) is 5.19. The van der Waals surface area contributed by atoms with E-state index in [1.807, 2.05) is 0 Å². The Morgan fingerprint density at radius 3 is 1.50 bits per heavy atom. The first kappa shape index (κ1) is 11.3. The van der Waals surface area contributed by atoms with Gasteiger partial charge in [-0.1, -0.05) is 11.2 Å². The van der Waals surface area contributed by atoms with Crippen molar-refractivity contribution in [1.29, 1.82) is 0 Å². The number of hydrazine groups is 2. The molecule has 0 unspecified atom stereocenters. The summed E-state index contributed by atoms with van der Waals surface area (Å²) in [5.74, 6) is -2.23. The molecule has 0 saturated heterocycles. The number of hydrogen-bond donors (Lipinski definition) is 4. The molecule has 0 aromatic heterocycles. The third-order valence-electron chi connectivity index (χ3n) is 2.13. The Kier molecular flexibility index (Phi) is 3.67. The van der Waals surface area contributed by atoms with Gasteiger partial charge < -0.3 is 9.68 Å². The second-order valence-corrected chi connectivity index (χ2v) is 3.82. The quantitative estimate of drug-likeness (QED) is 0.320. The molecule has 2 rings (SSSR count). The minimum atomic E-state index is -1.11. The van der Waals surface area contributed by atoms with E-state index in [2.05, 4.69) is 31.7 Å². The van der Waals surface area contributed by atoms with Crippen LogP contribution < -0.4 is 22.0 Å². The van der Waals surface area contributed by atoms with Crippen LogP contribution in [0.4, 0.5) is 0 Å². The van der Waals surface area contributed by atoms with Crippen LogP contribution in [0.15, 0.2) is 0 Å². The zero-order valence-electron chi connectivity index (χ0n) is 8.62. The van der Waals surface area contributed by atoms with Crippen LogP contribution in [0, 0.1) is 0 Å². The summed E-state index contributed by atoms with van der Waals surface area (Å²) in [6.07, 6.45) is 4.12. The fourth-order valence-corrected chi connectivity index (χ4v) is 0.857. The van der Waals surface area contributed by atoms with Gasteiger partial charge in [0, 0.05) is 12.1 Å². The number of carbonyl (C=O) groups is 2. The molecule has 0 atom stereocenters. The van der Waals surface area contributed by atoms with E-state index in [-0.39, 0.29) is 0 Å². The Morgan fingerprint density at radius 2 is 1.19 bits per heavy atom. The van der Waals surface area contributed by atoms with E-state index >= 15 is 0 Å². The standard InChI is InChI=1S/C8H14N4O4/c13-7(15-11-9-5-1-2-5)8(14)16-12-10-6-3-4-6/h5-6,9-12H,1-4H2. The maximum atomic E-state index is 11.0. The highest BCUT2D eigenvalue weighted by molar-refractivity contribution is 6.29. The fourth-order valence-electron chi connectivity index (χ4n) is 0.857. The van der Waals surface area contributed by atoms with Crippen molar-refractivity contribution in [2.45, 2.75) is 37.8 Å². The van der Waals surface area contributed by atoms with E-state index < -0.39 is 11.9 Å². The summed E-state index contributed by atoms with van der Waals surface area (Å²) < 4.78 is 0. The zero-order chi connectivity index (χ0) is 11.4. The molecule has 16 heavy (non-hydrogen) atoms. The number of rotatable bonds is 6. The van der Waals surface area contributed by atoms with Crippen molar-refractivity contribution < 1.29 is 19.3 Å². The Balaban J connectivity index is 1.49. The van der Waals surface area contributed by atoms with Crippen molar-refractivity contribution in [2.75, 3.05) is 0 Å². The highest BCUT2D eigenvalue weighted by atomic mass is 16.8. The molecule has 8 nitrogen and oxygen atoms in total. The largest absolute Gasteiger partial charge is 0.439 e. The lowest BCUT2D eigenvalue weighted by atomic mass is 10.7. The van der Waals surface area contributed by atoms with E-state index in [1.165, 1.54) is 0 Å². The number of hydrogen-bond acceptors (Lipinski definition) is 8. The molecular weight excluding hydrogens is 216 g/mol. The van der Waals surface area contributed by atoms with Crippen molar-refractivity contribution in [3.8, 4) is 0 Å². The Morgan fingerprint density at radius 1 is 0.812 bits per heavy atom. The van der Waals surface area contributed by atoms with Gasteiger partial charge in [-0.05, 0) is 25.7 Å². The van der Waals surface area contributed by atoms with Gasteiger partial charge in [-0.15, -0.1) is 0 Å². The minimum absolute atomic E-state index is 0.318. The van der Waals surface area contributed by atoms with E-state index in [1.54, 1.807) is 0 Å². The van der Waals surface area contributed by atoms with Crippen molar-refractivity contribution in [3.05, 3.63) is 0 Å². The van der Waals surface area contributed by atoms with Crippen LogP contribution in [0.2, 0.25) is 0 Å². The molecule has 0 spiro atoms. The summed E-state index contributed by atoms with van der Waals surface area (Å²) in [5, 5.41) is 0. The molecule has 0 heterocycles.